The zero-order chi connectivity index (χ0) is 23.3. The first-order chi connectivity index (χ1) is 15.1. The molecule has 10 heteroatoms. The number of carbonyl (C=O) groups is 1. The molecule has 0 radical (unpaired) electrons. The number of amides is 1. The van der Waals surface area contributed by atoms with Crippen molar-refractivity contribution < 1.29 is 22.7 Å². The summed E-state index contributed by atoms with van der Waals surface area (Å²) in [4.78, 5) is 12.2. The Bertz CT molecular complexity index is 1070. The number of rotatable bonds is 8. The molecule has 2 aromatic carbocycles. The maximum atomic E-state index is 13.1. The van der Waals surface area contributed by atoms with E-state index in [9.17, 15) is 18.0 Å². The second kappa shape index (κ2) is 10.1. The molecule has 1 heterocycles. The predicted octanol–water partition coefficient (Wildman–Crippen LogP) is 5.27. The van der Waals surface area contributed by atoms with Crippen LogP contribution in [0.25, 0.3) is 0 Å². The number of ether oxygens (including phenoxy) is 1. The number of alkyl halides is 3. The van der Waals surface area contributed by atoms with Crippen molar-refractivity contribution in [3.05, 3.63) is 65.5 Å². The summed E-state index contributed by atoms with van der Waals surface area (Å²) >= 11 is 1.08. The van der Waals surface area contributed by atoms with Gasteiger partial charge in [0.25, 0.3) is 0 Å². The average molecular weight is 465 g/mol. The van der Waals surface area contributed by atoms with Gasteiger partial charge in [-0.3, -0.25) is 4.79 Å². The molecule has 0 bridgehead atoms. The minimum Gasteiger partial charge on any atom is -0.486 e. The fourth-order valence-corrected chi connectivity index (χ4v) is 3.58. The minimum absolute atomic E-state index is 0.115. The van der Waals surface area contributed by atoms with Crippen molar-refractivity contribution in [2.75, 3.05) is 11.1 Å². The van der Waals surface area contributed by atoms with Crippen molar-refractivity contribution in [2.24, 2.45) is 7.05 Å². The third-order valence-corrected chi connectivity index (χ3v) is 5.70. The van der Waals surface area contributed by atoms with Gasteiger partial charge in [0.2, 0.25) is 5.91 Å². The maximum Gasteiger partial charge on any atom is 0.418 e. The summed E-state index contributed by atoms with van der Waals surface area (Å²) in [6.07, 6.45) is -4.55. The van der Waals surface area contributed by atoms with E-state index in [0.29, 0.717) is 22.6 Å². The van der Waals surface area contributed by atoms with Crippen LogP contribution in [0.3, 0.4) is 0 Å². The van der Waals surface area contributed by atoms with Crippen molar-refractivity contribution in [1.82, 2.24) is 14.8 Å². The molecule has 3 rings (SSSR count). The van der Waals surface area contributed by atoms with E-state index in [1.54, 1.807) is 11.6 Å². The Morgan fingerprint density at radius 2 is 1.81 bits per heavy atom. The molecule has 170 valence electrons. The number of halogens is 3. The lowest BCUT2D eigenvalue weighted by atomic mass is 10.0. The Labute approximate surface area is 188 Å². The number of benzene rings is 2. The highest BCUT2D eigenvalue weighted by Crippen LogP contribution is 2.34. The fourth-order valence-electron chi connectivity index (χ4n) is 2.85. The summed E-state index contributed by atoms with van der Waals surface area (Å²) in [5, 5.41) is 10.9. The van der Waals surface area contributed by atoms with Gasteiger partial charge in [0.15, 0.2) is 11.0 Å². The molecule has 32 heavy (non-hydrogen) atoms. The van der Waals surface area contributed by atoms with Crippen molar-refractivity contribution in [3.8, 4) is 5.75 Å². The Balaban J connectivity index is 1.55. The summed E-state index contributed by atoms with van der Waals surface area (Å²) in [5.41, 5.74) is 0.0461. The summed E-state index contributed by atoms with van der Waals surface area (Å²) in [5.74, 6) is 1.01. The Kier molecular flexibility index (Phi) is 7.44. The molecular formula is C22H23F3N4O2S. The van der Waals surface area contributed by atoms with Gasteiger partial charge in [-0.1, -0.05) is 49.9 Å². The SMILES string of the molecule is CC(C)c1ccc(OCc2nnc(SCC(=O)Nc3ccccc3C(F)(F)F)n2C)cc1. The summed E-state index contributed by atoms with van der Waals surface area (Å²) < 4.78 is 46.6. The zero-order valence-electron chi connectivity index (χ0n) is 17.8. The van der Waals surface area contributed by atoms with E-state index in [1.165, 1.54) is 23.8 Å². The molecule has 1 aromatic heterocycles. The highest BCUT2D eigenvalue weighted by Gasteiger charge is 2.33. The second-order valence-electron chi connectivity index (χ2n) is 7.35. The van der Waals surface area contributed by atoms with Gasteiger partial charge in [-0.05, 0) is 35.7 Å². The van der Waals surface area contributed by atoms with Crippen molar-refractivity contribution in [1.29, 1.82) is 0 Å². The monoisotopic (exact) mass is 464 g/mol. The van der Waals surface area contributed by atoms with E-state index in [1.807, 2.05) is 24.3 Å². The number of carbonyl (C=O) groups excluding carboxylic acids is 1. The standard InChI is InChI=1S/C22H23F3N4O2S/c1-14(2)15-8-10-16(11-9-15)31-12-19-27-28-21(29(19)3)32-13-20(30)26-18-7-5-4-6-17(18)22(23,24)25/h4-11,14H,12-13H2,1-3H3,(H,26,30). The van der Waals surface area contributed by atoms with Crippen LogP contribution in [0, 0.1) is 0 Å². The molecule has 0 aliphatic carbocycles. The van der Waals surface area contributed by atoms with E-state index in [0.717, 1.165) is 17.8 Å². The van der Waals surface area contributed by atoms with E-state index in [2.05, 4.69) is 29.4 Å². The summed E-state index contributed by atoms with van der Waals surface area (Å²) in [6, 6.07) is 12.7. The van der Waals surface area contributed by atoms with Gasteiger partial charge in [0.05, 0.1) is 17.0 Å². The number of anilines is 1. The molecule has 0 fully saturated rings. The van der Waals surface area contributed by atoms with Gasteiger partial charge in [0.1, 0.15) is 12.4 Å². The normalized spacial score (nSPS) is 11.6. The number of para-hydroxylation sites is 1. The van der Waals surface area contributed by atoms with Crippen LogP contribution in [0.15, 0.2) is 53.7 Å². The van der Waals surface area contributed by atoms with Gasteiger partial charge in [-0.25, -0.2) is 0 Å². The Morgan fingerprint density at radius 1 is 1.12 bits per heavy atom. The van der Waals surface area contributed by atoms with Crippen LogP contribution in [-0.4, -0.2) is 26.4 Å². The second-order valence-corrected chi connectivity index (χ2v) is 8.29. The van der Waals surface area contributed by atoms with E-state index >= 15 is 0 Å². The third kappa shape index (κ3) is 6.03. The number of nitrogens with zero attached hydrogens (tertiary/aromatic N) is 3. The zero-order valence-corrected chi connectivity index (χ0v) is 18.6. The fraction of sp³-hybridized carbons (Fsp3) is 0.318. The van der Waals surface area contributed by atoms with Crippen LogP contribution < -0.4 is 10.1 Å². The first kappa shape index (κ1) is 23.6. The van der Waals surface area contributed by atoms with Crippen molar-refractivity contribution in [3.63, 3.8) is 0 Å². The maximum absolute atomic E-state index is 13.1. The number of hydrogen-bond donors (Lipinski definition) is 1. The number of thioether (sulfide) groups is 1. The molecule has 0 aliphatic rings. The minimum atomic E-state index is -4.55. The predicted molar refractivity (Wildman–Crippen MR) is 117 cm³/mol. The molecule has 0 unspecified atom stereocenters. The van der Waals surface area contributed by atoms with Crippen LogP contribution in [-0.2, 0) is 24.6 Å². The molecule has 0 atom stereocenters. The molecular weight excluding hydrogens is 441 g/mol. The van der Waals surface area contributed by atoms with Gasteiger partial charge < -0.3 is 14.6 Å². The lowest BCUT2D eigenvalue weighted by Crippen LogP contribution is -2.18. The molecule has 6 nitrogen and oxygen atoms in total. The summed E-state index contributed by atoms with van der Waals surface area (Å²) in [6.45, 7) is 4.42. The van der Waals surface area contributed by atoms with Crippen LogP contribution in [0.2, 0.25) is 0 Å². The molecule has 1 amide bonds. The third-order valence-electron chi connectivity index (χ3n) is 4.68. The van der Waals surface area contributed by atoms with Crippen LogP contribution >= 0.6 is 11.8 Å². The van der Waals surface area contributed by atoms with E-state index < -0.39 is 17.6 Å². The molecule has 0 spiro atoms. The smallest absolute Gasteiger partial charge is 0.418 e. The van der Waals surface area contributed by atoms with Crippen molar-refractivity contribution >= 4 is 23.4 Å². The Morgan fingerprint density at radius 3 is 2.47 bits per heavy atom. The first-order valence-corrected chi connectivity index (χ1v) is 10.8. The molecule has 0 aliphatic heterocycles. The quantitative estimate of drug-likeness (QED) is 0.460. The van der Waals surface area contributed by atoms with Gasteiger partial charge >= 0.3 is 6.18 Å². The lowest BCUT2D eigenvalue weighted by Gasteiger charge is -2.13. The average Bonchev–Trinajstić information content (AvgIpc) is 3.10. The number of hydrogen-bond acceptors (Lipinski definition) is 5. The summed E-state index contributed by atoms with van der Waals surface area (Å²) in [7, 11) is 1.74. The highest BCUT2D eigenvalue weighted by molar-refractivity contribution is 7.99. The largest absolute Gasteiger partial charge is 0.486 e. The van der Waals surface area contributed by atoms with Crippen LogP contribution in [0.4, 0.5) is 18.9 Å². The lowest BCUT2D eigenvalue weighted by molar-refractivity contribution is -0.137. The van der Waals surface area contributed by atoms with Gasteiger partial charge in [-0.2, -0.15) is 13.2 Å². The van der Waals surface area contributed by atoms with Crippen LogP contribution in [0.5, 0.6) is 5.75 Å². The topological polar surface area (TPSA) is 69.0 Å². The molecule has 0 saturated heterocycles. The Hall–Kier alpha value is -3.01. The first-order valence-electron chi connectivity index (χ1n) is 9.85. The van der Waals surface area contributed by atoms with Gasteiger partial charge in [0, 0.05) is 7.05 Å². The van der Waals surface area contributed by atoms with Gasteiger partial charge in [-0.15, -0.1) is 10.2 Å². The molecule has 3 aromatic rings. The number of aromatic nitrogens is 3. The highest BCUT2D eigenvalue weighted by atomic mass is 32.2. The van der Waals surface area contributed by atoms with E-state index in [-0.39, 0.29) is 18.0 Å². The molecule has 1 N–H and O–H groups in total. The van der Waals surface area contributed by atoms with Crippen LogP contribution in [0.1, 0.15) is 36.7 Å². The van der Waals surface area contributed by atoms with E-state index in [4.69, 9.17) is 4.74 Å². The number of nitrogens with one attached hydrogen (secondary N) is 1. The van der Waals surface area contributed by atoms with Crippen molar-refractivity contribution in [2.45, 2.75) is 37.7 Å². The molecule has 0 saturated carbocycles.